The summed E-state index contributed by atoms with van der Waals surface area (Å²) in [6, 6.07) is 3.14. The van der Waals surface area contributed by atoms with Crippen molar-refractivity contribution in [2.24, 2.45) is 5.92 Å². The summed E-state index contributed by atoms with van der Waals surface area (Å²) in [5.41, 5.74) is 0. The number of hydrogen-bond donors (Lipinski definition) is 0. The molecule has 4 heteroatoms. The Morgan fingerprint density at radius 3 is 2.42 bits per heavy atom. The molecule has 2 rings (SSSR count). The number of hydrogen-bond acceptors (Lipinski definition) is 4. The van der Waals surface area contributed by atoms with E-state index in [2.05, 4.69) is 47.5 Å². The highest BCUT2D eigenvalue weighted by Gasteiger charge is 2.30. The van der Waals surface area contributed by atoms with Gasteiger partial charge in [0.1, 0.15) is 5.82 Å². The van der Waals surface area contributed by atoms with Gasteiger partial charge in [0.05, 0.1) is 6.54 Å². The number of rotatable bonds is 4. The number of piperazine rings is 1. The van der Waals surface area contributed by atoms with Crippen molar-refractivity contribution in [3.63, 3.8) is 0 Å². The first-order chi connectivity index (χ1) is 9.08. The molecular formula is C15H26N4. The molecule has 0 unspecified atom stereocenters. The van der Waals surface area contributed by atoms with Crippen molar-refractivity contribution in [1.29, 1.82) is 0 Å². The molecule has 19 heavy (non-hydrogen) atoms. The molecule has 0 bridgehead atoms. The zero-order valence-corrected chi connectivity index (χ0v) is 12.6. The average molecular weight is 262 g/mol. The fraction of sp³-hybridized carbons (Fsp3) is 0.733. The Morgan fingerprint density at radius 2 is 1.84 bits per heavy atom. The van der Waals surface area contributed by atoms with Crippen LogP contribution in [0.15, 0.2) is 18.5 Å². The maximum absolute atomic E-state index is 4.33. The molecule has 1 aromatic rings. The molecule has 0 radical (unpaired) electrons. The van der Waals surface area contributed by atoms with E-state index in [4.69, 9.17) is 0 Å². The summed E-state index contributed by atoms with van der Waals surface area (Å²) in [6.45, 7) is 13.5. The van der Waals surface area contributed by atoms with Gasteiger partial charge in [0, 0.05) is 44.1 Å². The molecule has 1 fully saturated rings. The van der Waals surface area contributed by atoms with E-state index in [1.165, 1.54) is 0 Å². The lowest BCUT2D eigenvalue weighted by molar-refractivity contribution is 0.0241. The molecule has 0 saturated carbocycles. The molecule has 0 amide bonds. The first-order valence-corrected chi connectivity index (χ1v) is 7.32. The summed E-state index contributed by atoms with van der Waals surface area (Å²) < 4.78 is 0. The van der Waals surface area contributed by atoms with Gasteiger partial charge in [-0.05, 0) is 25.8 Å². The van der Waals surface area contributed by atoms with Gasteiger partial charge >= 0.3 is 0 Å². The number of nitrogens with zero attached hydrogens (tertiary/aromatic N) is 4. The average Bonchev–Trinajstić information content (AvgIpc) is 2.39. The van der Waals surface area contributed by atoms with E-state index in [1.807, 2.05) is 18.5 Å². The molecule has 2 heterocycles. The van der Waals surface area contributed by atoms with Crippen molar-refractivity contribution in [2.45, 2.75) is 46.3 Å². The summed E-state index contributed by atoms with van der Waals surface area (Å²) in [4.78, 5) is 13.8. The Bertz CT molecular complexity index is 377. The van der Waals surface area contributed by atoms with Gasteiger partial charge < -0.3 is 0 Å². The zero-order chi connectivity index (χ0) is 13.8. The van der Waals surface area contributed by atoms with Crippen LogP contribution in [0.4, 0.5) is 0 Å². The van der Waals surface area contributed by atoms with Crippen LogP contribution in [0, 0.1) is 5.92 Å². The molecule has 1 atom stereocenters. The number of aromatic nitrogens is 2. The Balaban J connectivity index is 1.99. The Hall–Kier alpha value is -1.00. The Labute approximate surface area is 116 Å². The van der Waals surface area contributed by atoms with E-state index in [0.717, 1.165) is 32.0 Å². The van der Waals surface area contributed by atoms with E-state index < -0.39 is 0 Å². The monoisotopic (exact) mass is 262 g/mol. The topological polar surface area (TPSA) is 32.3 Å². The summed E-state index contributed by atoms with van der Waals surface area (Å²) in [6.07, 6.45) is 3.65. The second-order valence-electron chi connectivity index (χ2n) is 6.04. The fourth-order valence-electron chi connectivity index (χ4n) is 2.87. The largest absolute Gasteiger partial charge is 0.295 e. The molecular weight excluding hydrogens is 236 g/mol. The summed E-state index contributed by atoms with van der Waals surface area (Å²) in [5.74, 6) is 1.62. The van der Waals surface area contributed by atoms with Gasteiger partial charge in [-0.15, -0.1) is 0 Å². The molecule has 1 saturated heterocycles. The first kappa shape index (κ1) is 14.4. The van der Waals surface area contributed by atoms with Crippen molar-refractivity contribution in [2.75, 3.05) is 19.6 Å². The van der Waals surface area contributed by atoms with Gasteiger partial charge in [0.25, 0.3) is 0 Å². The third-order valence-electron chi connectivity index (χ3n) is 3.96. The summed E-state index contributed by atoms with van der Waals surface area (Å²) in [7, 11) is 0. The lowest BCUT2D eigenvalue weighted by Crippen LogP contribution is -2.57. The van der Waals surface area contributed by atoms with E-state index in [-0.39, 0.29) is 0 Å². The molecule has 1 aliphatic rings. The predicted molar refractivity (Wildman–Crippen MR) is 77.8 cm³/mol. The van der Waals surface area contributed by atoms with E-state index in [1.54, 1.807) is 0 Å². The van der Waals surface area contributed by atoms with Crippen LogP contribution in [0.3, 0.4) is 0 Å². The highest BCUT2D eigenvalue weighted by Crippen LogP contribution is 2.20. The van der Waals surface area contributed by atoms with Crippen molar-refractivity contribution in [3.05, 3.63) is 24.3 Å². The molecule has 0 spiro atoms. The van der Waals surface area contributed by atoms with Crippen molar-refractivity contribution in [3.8, 4) is 0 Å². The predicted octanol–water partition coefficient (Wildman–Crippen LogP) is 2.03. The van der Waals surface area contributed by atoms with E-state index >= 15 is 0 Å². The lowest BCUT2D eigenvalue weighted by atomic mass is 9.98. The zero-order valence-electron chi connectivity index (χ0n) is 12.6. The highest BCUT2D eigenvalue weighted by molar-refractivity contribution is 4.92. The third kappa shape index (κ3) is 3.74. The minimum absolute atomic E-state index is 0.627. The Kier molecular flexibility index (Phi) is 4.88. The van der Waals surface area contributed by atoms with E-state index in [0.29, 0.717) is 18.0 Å². The highest BCUT2D eigenvalue weighted by atomic mass is 15.3. The maximum atomic E-state index is 4.33. The molecule has 0 aromatic carbocycles. The van der Waals surface area contributed by atoms with Gasteiger partial charge in [-0.1, -0.05) is 13.8 Å². The van der Waals surface area contributed by atoms with Crippen LogP contribution >= 0.6 is 0 Å². The van der Waals surface area contributed by atoms with Crippen LogP contribution in [-0.2, 0) is 6.54 Å². The van der Waals surface area contributed by atoms with Crippen LogP contribution in [0.2, 0.25) is 0 Å². The van der Waals surface area contributed by atoms with Gasteiger partial charge in [-0.25, -0.2) is 9.97 Å². The van der Waals surface area contributed by atoms with Crippen molar-refractivity contribution < 1.29 is 0 Å². The van der Waals surface area contributed by atoms with Crippen LogP contribution in [0.1, 0.15) is 33.5 Å². The molecule has 4 nitrogen and oxygen atoms in total. The molecule has 0 N–H and O–H groups in total. The van der Waals surface area contributed by atoms with Crippen molar-refractivity contribution >= 4 is 0 Å². The normalized spacial score (nSPS) is 22.3. The molecule has 0 aliphatic carbocycles. The van der Waals surface area contributed by atoms with Crippen LogP contribution in [-0.4, -0.2) is 51.5 Å². The van der Waals surface area contributed by atoms with E-state index in [9.17, 15) is 0 Å². The quantitative estimate of drug-likeness (QED) is 0.831. The maximum Gasteiger partial charge on any atom is 0.142 e. The van der Waals surface area contributed by atoms with Gasteiger partial charge in [0.2, 0.25) is 0 Å². The lowest BCUT2D eigenvalue weighted by Gasteiger charge is -2.45. The van der Waals surface area contributed by atoms with Crippen molar-refractivity contribution in [1.82, 2.24) is 19.8 Å². The van der Waals surface area contributed by atoms with Gasteiger partial charge in [0.15, 0.2) is 0 Å². The summed E-state index contributed by atoms with van der Waals surface area (Å²) in [5, 5.41) is 0. The molecule has 1 aliphatic heterocycles. The first-order valence-electron chi connectivity index (χ1n) is 7.32. The minimum Gasteiger partial charge on any atom is -0.295 e. The van der Waals surface area contributed by atoms with Crippen LogP contribution < -0.4 is 0 Å². The van der Waals surface area contributed by atoms with Gasteiger partial charge in [-0.2, -0.15) is 0 Å². The fourth-order valence-corrected chi connectivity index (χ4v) is 2.87. The standard InChI is InChI=1S/C15H26N4/c1-12(2)14-10-18(8-9-19(14)13(3)4)11-15-16-6-5-7-17-15/h5-7,12-14H,8-11H2,1-4H3/t14-/m1/s1. The second-order valence-corrected chi connectivity index (χ2v) is 6.04. The Morgan fingerprint density at radius 1 is 1.16 bits per heavy atom. The second kappa shape index (κ2) is 6.44. The third-order valence-corrected chi connectivity index (χ3v) is 3.96. The molecule has 106 valence electrons. The van der Waals surface area contributed by atoms with Crippen LogP contribution in [0.5, 0.6) is 0 Å². The van der Waals surface area contributed by atoms with Gasteiger partial charge in [-0.3, -0.25) is 9.80 Å². The molecule has 1 aromatic heterocycles. The minimum atomic E-state index is 0.627. The smallest absolute Gasteiger partial charge is 0.142 e. The SMILES string of the molecule is CC(C)[C@H]1CN(Cc2ncccn2)CCN1C(C)C. The summed E-state index contributed by atoms with van der Waals surface area (Å²) >= 11 is 0. The van der Waals surface area contributed by atoms with Crippen LogP contribution in [0.25, 0.3) is 0 Å².